The Bertz CT molecular complexity index is 974. The topological polar surface area (TPSA) is 76.7 Å². The highest BCUT2D eigenvalue weighted by Crippen LogP contribution is 2.31. The van der Waals surface area contributed by atoms with Gasteiger partial charge in [-0.15, -0.1) is 11.8 Å². The van der Waals surface area contributed by atoms with E-state index in [-0.39, 0.29) is 34.1 Å². The Hall–Kier alpha value is -2.47. The summed E-state index contributed by atoms with van der Waals surface area (Å²) in [4.78, 5) is 25.2. The molecule has 3 aromatic rings. The number of carbonyl (C=O) groups excluding carboxylic acids is 1. The number of phenolic OH excluding ortho intramolecular Hbond substituents is 1. The zero-order valence-corrected chi connectivity index (χ0v) is 13.4. The van der Waals surface area contributed by atoms with Gasteiger partial charge in [-0.2, -0.15) is 0 Å². The minimum atomic E-state index is -0.491. The second-order valence-electron chi connectivity index (χ2n) is 4.89. The zero-order valence-electron chi connectivity index (χ0n) is 12.6. The summed E-state index contributed by atoms with van der Waals surface area (Å²) < 4.78 is 10.8. The summed E-state index contributed by atoms with van der Waals surface area (Å²) in [6, 6.07) is 7.53. The molecule has 0 aliphatic heterocycles. The molecule has 118 valence electrons. The largest absolute Gasteiger partial charge is 0.508 e. The monoisotopic (exact) mass is 330 g/mol. The van der Waals surface area contributed by atoms with Gasteiger partial charge in [-0.3, -0.25) is 4.79 Å². The highest BCUT2D eigenvalue weighted by atomic mass is 32.2. The quantitative estimate of drug-likeness (QED) is 0.449. The lowest BCUT2D eigenvalue weighted by atomic mass is 10.1. The number of hydrogen-bond donors (Lipinski definition) is 1. The number of hydrogen-bond acceptors (Lipinski definition) is 6. The Labute approximate surface area is 135 Å². The lowest BCUT2D eigenvalue weighted by Crippen LogP contribution is -2.07. The molecular formula is C17H14O5S. The van der Waals surface area contributed by atoms with Crippen molar-refractivity contribution in [3.63, 3.8) is 0 Å². The number of aromatic hydroxyl groups is 1. The summed E-state index contributed by atoms with van der Waals surface area (Å²) in [6.07, 6.45) is 1.84. The molecule has 2 aromatic carbocycles. The van der Waals surface area contributed by atoms with Crippen LogP contribution in [0, 0.1) is 0 Å². The minimum absolute atomic E-state index is 0.00459. The SMILES string of the molecule is CCOC(=O)c1ccc2oc3c(SC)cc(O)cc3c(=O)c2c1. The van der Waals surface area contributed by atoms with Crippen LogP contribution in [0.3, 0.4) is 0 Å². The summed E-state index contributed by atoms with van der Waals surface area (Å²) >= 11 is 1.38. The van der Waals surface area contributed by atoms with E-state index in [1.54, 1.807) is 25.1 Å². The van der Waals surface area contributed by atoms with E-state index in [1.807, 2.05) is 6.26 Å². The van der Waals surface area contributed by atoms with Crippen molar-refractivity contribution in [1.82, 2.24) is 0 Å². The fraction of sp³-hybridized carbons (Fsp3) is 0.176. The Morgan fingerprint density at radius 1 is 1.26 bits per heavy atom. The van der Waals surface area contributed by atoms with Crippen LogP contribution in [0.15, 0.2) is 44.4 Å². The summed E-state index contributed by atoms with van der Waals surface area (Å²) in [5.41, 5.74) is 0.808. The molecule has 0 bridgehead atoms. The molecule has 0 atom stereocenters. The van der Waals surface area contributed by atoms with Crippen molar-refractivity contribution in [3.05, 3.63) is 46.1 Å². The molecule has 5 nitrogen and oxygen atoms in total. The second kappa shape index (κ2) is 5.96. The van der Waals surface area contributed by atoms with Gasteiger partial charge in [0.2, 0.25) is 5.43 Å². The van der Waals surface area contributed by atoms with Crippen LogP contribution in [0.4, 0.5) is 0 Å². The molecule has 0 unspecified atom stereocenters. The fourth-order valence-corrected chi connectivity index (χ4v) is 2.98. The molecule has 0 saturated heterocycles. The molecule has 0 aliphatic carbocycles. The van der Waals surface area contributed by atoms with E-state index in [0.29, 0.717) is 16.1 Å². The number of ether oxygens (including phenoxy) is 1. The predicted octanol–water partition coefficient (Wildman–Crippen LogP) is 3.55. The Morgan fingerprint density at radius 3 is 2.74 bits per heavy atom. The van der Waals surface area contributed by atoms with Crippen molar-refractivity contribution in [1.29, 1.82) is 0 Å². The van der Waals surface area contributed by atoms with E-state index in [1.165, 1.54) is 23.9 Å². The van der Waals surface area contributed by atoms with E-state index in [4.69, 9.17) is 9.15 Å². The van der Waals surface area contributed by atoms with E-state index in [9.17, 15) is 14.7 Å². The van der Waals surface area contributed by atoms with Gasteiger partial charge in [0, 0.05) is 0 Å². The lowest BCUT2D eigenvalue weighted by molar-refractivity contribution is 0.0526. The van der Waals surface area contributed by atoms with Gasteiger partial charge >= 0.3 is 5.97 Å². The van der Waals surface area contributed by atoms with Gasteiger partial charge in [0.05, 0.1) is 27.8 Å². The number of phenols is 1. The molecule has 3 rings (SSSR count). The normalized spacial score (nSPS) is 11.0. The van der Waals surface area contributed by atoms with Crippen molar-refractivity contribution in [3.8, 4) is 5.75 Å². The molecule has 6 heteroatoms. The van der Waals surface area contributed by atoms with Gasteiger partial charge in [0.25, 0.3) is 0 Å². The Kier molecular flexibility index (Phi) is 4.00. The van der Waals surface area contributed by atoms with Crippen molar-refractivity contribution >= 4 is 39.7 Å². The van der Waals surface area contributed by atoms with Crippen LogP contribution >= 0.6 is 11.8 Å². The van der Waals surface area contributed by atoms with Crippen LogP contribution < -0.4 is 5.43 Å². The van der Waals surface area contributed by atoms with Gasteiger partial charge in [0.1, 0.15) is 11.3 Å². The van der Waals surface area contributed by atoms with Crippen LogP contribution in [0.2, 0.25) is 0 Å². The van der Waals surface area contributed by atoms with Crippen molar-refractivity contribution < 1.29 is 19.1 Å². The first-order valence-electron chi connectivity index (χ1n) is 7.00. The average Bonchev–Trinajstić information content (AvgIpc) is 2.55. The highest BCUT2D eigenvalue weighted by Gasteiger charge is 2.15. The second-order valence-corrected chi connectivity index (χ2v) is 5.74. The smallest absolute Gasteiger partial charge is 0.338 e. The molecule has 1 aromatic heterocycles. The molecule has 0 spiro atoms. The van der Waals surface area contributed by atoms with Gasteiger partial charge in [-0.25, -0.2) is 4.79 Å². The van der Waals surface area contributed by atoms with Crippen LogP contribution in [0.5, 0.6) is 5.75 Å². The highest BCUT2D eigenvalue weighted by molar-refractivity contribution is 7.98. The zero-order chi connectivity index (χ0) is 16.6. The molecular weight excluding hydrogens is 316 g/mol. The Morgan fingerprint density at radius 2 is 2.04 bits per heavy atom. The molecule has 1 N–H and O–H groups in total. The van der Waals surface area contributed by atoms with Crippen molar-refractivity contribution in [2.45, 2.75) is 11.8 Å². The maximum Gasteiger partial charge on any atom is 0.338 e. The molecule has 0 saturated carbocycles. The van der Waals surface area contributed by atoms with Crippen molar-refractivity contribution in [2.24, 2.45) is 0 Å². The number of thioether (sulfide) groups is 1. The third-order valence-corrected chi connectivity index (χ3v) is 4.19. The van der Waals surface area contributed by atoms with Crippen LogP contribution in [-0.2, 0) is 4.74 Å². The molecule has 1 heterocycles. The summed E-state index contributed by atoms with van der Waals surface area (Å²) in [6.45, 7) is 1.97. The summed E-state index contributed by atoms with van der Waals surface area (Å²) in [5, 5.41) is 10.3. The van der Waals surface area contributed by atoms with E-state index in [2.05, 4.69) is 0 Å². The molecule has 0 fully saturated rings. The third-order valence-electron chi connectivity index (χ3n) is 3.45. The first-order valence-corrected chi connectivity index (χ1v) is 8.22. The molecule has 0 radical (unpaired) electrons. The lowest BCUT2D eigenvalue weighted by Gasteiger charge is -2.07. The summed E-state index contributed by atoms with van der Waals surface area (Å²) in [5.74, 6) is -0.496. The number of fused-ring (bicyclic) bond motifs is 2. The minimum Gasteiger partial charge on any atom is -0.508 e. The van der Waals surface area contributed by atoms with E-state index in [0.717, 1.165) is 0 Å². The summed E-state index contributed by atoms with van der Waals surface area (Å²) in [7, 11) is 0. The van der Waals surface area contributed by atoms with E-state index < -0.39 is 5.97 Å². The third kappa shape index (κ3) is 2.66. The average molecular weight is 330 g/mol. The van der Waals surface area contributed by atoms with Gasteiger partial charge < -0.3 is 14.3 Å². The molecule has 0 amide bonds. The van der Waals surface area contributed by atoms with Gasteiger partial charge in [-0.05, 0) is 43.5 Å². The number of esters is 1. The Balaban J connectivity index is 2.33. The van der Waals surface area contributed by atoms with E-state index >= 15 is 0 Å². The van der Waals surface area contributed by atoms with Crippen molar-refractivity contribution in [2.75, 3.05) is 12.9 Å². The van der Waals surface area contributed by atoms with Gasteiger partial charge in [0.15, 0.2) is 5.58 Å². The number of carbonyl (C=O) groups is 1. The first-order chi connectivity index (χ1) is 11.0. The maximum absolute atomic E-state index is 12.7. The molecule has 0 aliphatic rings. The number of rotatable bonds is 3. The first kappa shape index (κ1) is 15.4. The predicted molar refractivity (Wildman–Crippen MR) is 89.4 cm³/mol. The standard InChI is InChI=1S/C17H14O5S/c1-3-21-17(20)9-4-5-13-11(6-9)15(19)12-7-10(18)8-14(23-2)16(12)22-13/h4-8,18H,3H2,1-2H3. The molecule has 23 heavy (non-hydrogen) atoms. The number of benzene rings is 2. The van der Waals surface area contributed by atoms with Crippen LogP contribution in [0.1, 0.15) is 17.3 Å². The van der Waals surface area contributed by atoms with Crippen LogP contribution in [-0.4, -0.2) is 23.9 Å². The maximum atomic E-state index is 12.7. The fourth-order valence-electron chi connectivity index (χ4n) is 2.41. The van der Waals surface area contributed by atoms with Crippen LogP contribution in [0.25, 0.3) is 21.9 Å². The van der Waals surface area contributed by atoms with Gasteiger partial charge in [-0.1, -0.05) is 0 Å².